The van der Waals surface area contributed by atoms with Crippen LogP contribution in [0.15, 0.2) is 97.1 Å². The van der Waals surface area contributed by atoms with Gasteiger partial charge in [-0.3, -0.25) is 0 Å². The zero-order valence-corrected chi connectivity index (χ0v) is 30.2. The van der Waals surface area contributed by atoms with Gasteiger partial charge in [0.1, 0.15) is 0 Å². The van der Waals surface area contributed by atoms with Crippen molar-refractivity contribution in [3.05, 3.63) is 97.1 Å². The Morgan fingerprint density at radius 3 is 0.875 bits per heavy atom. The molecule has 4 aromatic carbocycles. The molecular weight excluding hydrogens is 951 g/mol. The van der Waals surface area contributed by atoms with Crippen LogP contribution < -0.4 is 40.2 Å². The second-order valence-electron chi connectivity index (χ2n) is 8.55. The SMILES string of the molecule is COc1ccccc1[P](CC[P](=[Au][Cl])(c1ccccc1OC)c1ccccc1OC)(=[Au][Cl])c1ccccc1OC. The van der Waals surface area contributed by atoms with E-state index in [9.17, 15) is 0 Å². The summed E-state index contributed by atoms with van der Waals surface area (Å²) in [4.78, 5) is 0. The van der Waals surface area contributed by atoms with Crippen LogP contribution in [-0.4, -0.2) is 40.8 Å². The monoisotopic (exact) mass is 982 g/mol. The molecule has 0 aliphatic carbocycles. The van der Waals surface area contributed by atoms with E-state index in [-0.39, 0.29) is 0 Å². The molecule has 0 bridgehead atoms. The maximum absolute atomic E-state index is 7.21. The van der Waals surface area contributed by atoms with Crippen LogP contribution in [0.25, 0.3) is 0 Å². The van der Waals surface area contributed by atoms with Crippen LogP contribution in [-0.2, 0) is 35.3 Å². The van der Waals surface area contributed by atoms with Crippen molar-refractivity contribution in [1.29, 1.82) is 0 Å². The first kappa shape index (κ1) is 31.9. The van der Waals surface area contributed by atoms with Crippen molar-refractivity contribution in [2.45, 2.75) is 0 Å². The summed E-state index contributed by atoms with van der Waals surface area (Å²) >= 11 is -1.36. The molecule has 0 fully saturated rings. The summed E-state index contributed by atoms with van der Waals surface area (Å²) in [6, 6.07) is 33.2. The number of halogens is 2. The molecule has 40 heavy (non-hydrogen) atoms. The zero-order chi connectivity index (χ0) is 28.6. The van der Waals surface area contributed by atoms with E-state index in [0.29, 0.717) is 0 Å². The summed E-state index contributed by atoms with van der Waals surface area (Å²) in [7, 11) is 21.3. The number of para-hydroxylation sites is 4. The fraction of sp³-hybridized carbons (Fsp3) is 0.200. The fourth-order valence-corrected chi connectivity index (χ4v) is 32.0. The standard InChI is InChI=1S/C30H32O4P2.2Au.2ClH/c1-31-23-13-5-9-17-27(23)35(28-18-10-6-14-24(28)32-2)21-22-36(29-19-11-7-15-25(29)33-3)30-20-12-8-16-26(30)34-4;;;;/h5-20H,21-22H2,1-4H3;;;2*1H/q;2*+1;;/p-2. The average Bonchev–Trinajstić information content (AvgIpc) is 3.04. The summed E-state index contributed by atoms with van der Waals surface area (Å²) in [5.74, 6) is 3.43. The number of rotatable bonds is 11. The van der Waals surface area contributed by atoms with E-state index in [2.05, 4.69) is 48.5 Å². The third-order valence-electron chi connectivity index (χ3n) is 6.65. The Morgan fingerprint density at radius 2 is 0.675 bits per heavy atom. The molecule has 4 nitrogen and oxygen atoms in total. The summed E-state index contributed by atoms with van der Waals surface area (Å²) in [6.07, 6.45) is 1.71. The fourth-order valence-electron chi connectivity index (χ4n) is 4.80. The van der Waals surface area contributed by atoms with Gasteiger partial charge < -0.3 is 0 Å². The second kappa shape index (κ2) is 14.9. The average molecular weight is 983 g/mol. The second-order valence-corrected chi connectivity index (χ2v) is 31.3. The number of hydrogen-bond acceptors (Lipinski definition) is 4. The van der Waals surface area contributed by atoms with Crippen LogP contribution in [0, 0.1) is 0 Å². The molecule has 0 saturated heterocycles. The molecule has 222 valence electrons. The van der Waals surface area contributed by atoms with Crippen molar-refractivity contribution in [2.24, 2.45) is 0 Å². The van der Waals surface area contributed by atoms with Gasteiger partial charge >= 0.3 is 264 Å². The van der Waals surface area contributed by atoms with Crippen LogP contribution in [0.3, 0.4) is 0 Å². The van der Waals surface area contributed by atoms with Crippen LogP contribution in [0.2, 0.25) is 0 Å². The Morgan fingerprint density at radius 1 is 0.450 bits per heavy atom. The Labute approximate surface area is 261 Å². The zero-order valence-electron chi connectivity index (χ0n) is 22.5. The summed E-state index contributed by atoms with van der Waals surface area (Å²) in [5.41, 5.74) is 0. The molecule has 0 saturated carbocycles. The van der Waals surface area contributed by atoms with Gasteiger partial charge in [-0.05, 0) is 0 Å². The van der Waals surface area contributed by atoms with Gasteiger partial charge in [-0.1, -0.05) is 0 Å². The minimum atomic E-state index is -2.17. The molecule has 0 aliphatic rings. The van der Waals surface area contributed by atoms with Crippen LogP contribution in [0.5, 0.6) is 23.0 Å². The molecule has 0 unspecified atom stereocenters. The van der Waals surface area contributed by atoms with E-state index < -0.39 is 44.7 Å². The van der Waals surface area contributed by atoms with Gasteiger partial charge in [-0.2, -0.15) is 0 Å². The molecule has 0 spiro atoms. The topological polar surface area (TPSA) is 36.9 Å². The Balaban J connectivity index is 2.03. The summed E-state index contributed by atoms with van der Waals surface area (Å²) in [6.45, 7) is 0. The van der Waals surface area contributed by atoms with Crippen molar-refractivity contribution in [2.75, 3.05) is 40.8 Å². The van der Waals surface area contributed by atoms with Crippen LogP contribution >= 0.6 is 27.8 Å². The third kappa shape index (κ3) is 6.19. The van der Waals surface area contributed by atoms with Crippen LogP contribution in [0.1, 0.15) is 0 Å². The van der Waals surface area contributed by atoms with Crippen LogP contribution in [0.4, 0.5) is 0 Å². The molecule has 0 radical (unpaired) electrons. The van der Waals surface area contributed by atoms with Crippen molar-refractivity contribution in [3.8, 4) is 23.0 Å². The molecule has 0 atom stereocenters. The molecule has 0 amide bonds. The van der Waals surface area contributed by atoms with E-state index in [1.807, 2.05) is 48.5 Å². The molecule has 10 heteroatoms. The first-order chi connectivity index (χ1) is 19.5. The summed E-state index contributed by atoms with van der Waals surface area (Å²) in [5, 5.41) is 4.68. The van der Waals surface area contributed by atoms with Gasteiger partial charge in [0.2, 0.25) is 0 Å². The van der Waals surface area contributed by atoms with Gasteiger partial charge in [-0.25, -0.2) is 0 Å². The van der Waals surface area contributed by atoms with Gasteiger partial charge in [0.25, 0.3) is 0 Å². The van der Waals surface area contributed by atoms with Crippen molar-refractivity contribution >= 4 is 49.0 Å². The molecular formula is C30H32Au2Cl2O4P2. The first-order valence-corrected chi connectivity index (χ1v) is 27.1. The molecule has 0 aliphatic heterocycles. The van der Waals surface area contributed by atoms with E-state index in [0.717, 1.165) is 35.3 Å². The number of ether oxygens (including phenoxy) is 4. The van der Waals surface area contributed by atoms with E-state index in [4.69, 9.17) is 37.3 Å². The molecule has 4 aromatic rings. The van der Waals surface area contributed by atoms with Gasteiger partial charge in [0.15, 0.2) is 0 Å². The van der Waals surface area contributed by atoms with Crippen molar-refractivity contribution in [1.82, 2.24) is 0 Å². The van der Waals surface area contributed by atoms with Crippen molar-refractivity contribution < 1.29 is 54.2 Å². The summed E-state index contributed by atoms with van der Waals surface area (Å²) < 4.78 is 19.4. The Hall–Kier alpha value is -0.999. The quantitative estimate of drug-likeness (QED) is 0.125. The van der Waals surface area contributed by atoms with Gasteiger partial charge in [0.05, 0.1) is 0 Å². The molecule has 0 aromatic heterocycles. The van der Waals surface area contributed by atoms with E-state index >= 15 is 0 Å². The normalized spacial score (nSPS) is 11.8. The first-order valence-electron chi connectivity index (χ1n) is 12.3. The number of benzene rings is 4. The molecule has 4 rings (SSSR count). The Kier molecular flexibility index (Phi) is 11.9. The minimum absolute atomic E-state index is 0.679. The number of hydrogen-bond donors (Lipinski definition) is 0. The Bertz CT molecular complexity index is 1360. The van der Waals surface area contributed by atoms with E-state index in [1.165, 1.54) is 21.2 Å². The predicted molar refractivity (Wildman–Crippen MR) is 166 cm³/mol. The predicted octanol–water partition coefficient (Wildman–Crippen LogP) is 6.66. The maximum atomic E-state index is 7.21. The van der Waals surface area contributed by atoms with Gasteiger partial charge in [0, 0.05) is 0 Å². The third-order valence-corrected chi connectivity index (χ3v) is 34.8. The molecule has 0 heterocycles. The van der Waals surface area contributed by atoms with E-state index in [1.54, 1.807) is 28.4 Å². The number of methoxy groups -OCH3 is 4. The van der Waals surface area contributed by atoms with Crippen molar-refractivity contribution in [3.63, 3.8) is 0 Å². The van der Waals surface area contributed by atoms with Gasteiger partial charge in [-0.15, -0.1) is 0 Å². The molecule has 0 N–H and O–H groups in total.